The lowest BCUT2D eigenvalue weighted by atomic mass is 10.0. The van der Waals surface area contributed by atoms with Crippen molar-refractivity contribution in [3.05, 3.63) is 115 Å². The molecule has 0 aliphatic heterocycles. The van der Waals surface area contributed by atoms with Gasteiger partial charge in [0, 0.05) is 28.4 Å². The molecule has 4 aromatic carbocycles. The maximum absolute atomic E-state index is 11.5. The van der Waals surface area contributed by atoms with Crippen molar-refractivity contribution in [1.82, 2.24) is 14.5 Å². The van der Waals surface area contributed by atoms with E-state index in [-0.39, 0.29) is 5.88 Å². The second-order valence-electron chi connectivity index (χ2n) is 9.35. The molecule has 0 saturated heterocycles. The van der Waals surface area contributed by atoms with Crippen molar-refractivity contribution in [2.45, 2.75) is 19.4 Å². The first-order valence-corrected chi connectivity index (χ1v) is 12.9. The molecule has 7 nitrogen and oxygen atoms in total. The molecule has 7 heteroatoms. The van der Waals surface area contributed by atoms with Gasteiger partial charge in [-0.25, -0.2) is 9.78 Å². The van der Waals surface area contributed by atoms with Crippen molar-refractivity contribution >= 4 is 27.8 Å². The molecular formula is C32H27N3O4. The van der Waals surface area contributed by atoms with Crippen LogP contribution in [0.4, 0.5) is 4.79 Å². The summed E-state index contributed by atoms with van der Waals surface area (Å²) in [6.07, 6.45) is 3.55. The van der Waals surface area contributed by atoms with E-state index in [9.17, 15) is 9.90 Å². The number of aromatic nitrogens is 3. The fourth-order valence-electron chi connectivity index (χ4n) is 5.09. The monoisotopic (exact) mass is 517 g/mol. The predicted molar refractivity (Wildman–Crippen MR) is 151 cm³/mol. The van der Waals surface area contributed by atoms with Crippen molar-refractivity contribution in [3.63, 3.8) is 0 Å². The van der Waals surface area contributed by atoms with E-state index in [1.165, 1.54) is 0 Å². The summed E-state index contributed by atoms with van der Waals surface area (Å²) >= 11 is 0. The third-order valence-electron chi connectivity index (χ3n) is 6.85. The van der Waals surface area contributed by atoms with Crippen LogP contribution in [0, 0.1) is 0 Å². The van der Waals surface area contributed by atoms with Crippen LogP contribution < -0.4 is 9.47 Å². The molecule has 0 saturated carbocycles. The summed E-state index contributed by atoms with van der Waals surface area (Å²) in [5, 5.41) is 12.5. The summed E-state index contributed by atoms with van der Waals surface area (Å²) in [4.78, 5) is 19.2. The van der Waals surface area contributed by atoms with E-state index in [0.717, 1.165) is 49.8 Å². The van der Waals surface area contributed by atoms with E-state index in [1.54, 1.807) is 0 Å². The van der Waals surface area contributed by atoms with Gasteiger partial charge in [-0.1, -0.05) is 84.9 Å². The molecule has 0 spiro atoms. The smallest absolute Gasteiger partial charge is 0.493 e. The first-order valence-electron chi connectivity index (χ1n) is 12.9. The second kappa shape index (κ2) is 10.8. The van der Waals surface area contributed by atoms with Gasteiger partial charge in [0.15, 0.2) is 0 Å². The zero-order valence-electron chi connectivity index (χ0n) is 21.2. The van der Waals surface area contributed by atoms with Crippen LogP contribution >= 0.6 is 0 Å². The third-order valence-corrected chi connectivity index (χ3v) is 6.85. The highest BCUT2D eigenvalue weighted by Crippen LogP contribution is 2.36. The molecule has 2 N–H and O–H groups in total. The van der Waals surface area contributed by atoms with Crippen molar-refractivity contribution in [3.8, 4) is 22.9 Å². The molecule has 0 unspecified atom stereocenters. The topological polar surface area (TPSA) is 89.4 Å². The van der Waals surface area contributed by atoms with Crippen LogP contribution in [0.25, 0.3) is 32.9 Å². The van der Waals surface area contributed by atoms with Crippen LogP contribution in [-0.4, -0.2) is 32.4 Å². The van der Waals surface area contributed by atoms with E-state index in [2.05, 4.69) is 38.8 Å². The van der Waals surface area contributed by atoms with Gasteiger partial charge in [-0.15, -0.1) is 0 Å². The number of H-pyrrole nitrogens is 1. The van der Waals surface area contributed by atoms with E-state index in [1.807, 2.05) is 79.3 Å². The number of carbonyl (C=O) groups is 1. The average molecular weight is 518 g/mol. The van der Waals surface area contributed by atoms with Crippen LogP contribution in [0.1, 0.15) is 17.5 Å². The van der Waals surface area contributed by atoms with Crippen LogP contribution in [0.5, 0.6) is 11.6 Å². The van der Waals surface area contributed by atoms with E-state index < -0.39 is 6.16 Å². The Morgan fingerprint density at radius 1 is 0.897 bits per heavy atom. The van der Waals surface area contributed by atoms with E-state index in [0.29, 0.717) is 26.0 Å². The fourth-order valence-corrected chi connectivity index (χ4v) is 5.09. The lowest BCUT2D eigenvalue weighted by Gasteiger charge is -2.10. The molecule has 0 atom stereocenters. The van der Waals surface area contributed by atoms with Gasteiger partial charge in [0.25, 0.3) is 0 Å². The maximum Gasteiger partial charge on any atom is 0.512 e. The standard InChI is InChI=1S/C32H27N3O4/c36-32(37)39-31-26(16-8-18-38-29-17-6-12-23-11-4-5-13-24(23)29)25-14-7-15-27(30(25)34-31)28-19-33-21-35(28)20-22-9-2-1-3-10-22/h1-7,9-15,17,19,21,34H,8,16,18,20H2,(H,36,37). The number of nitrogens with one attached hydrogen (secondary N) is 1. The SMILES string of the molecule is O=C(O)Oc1[nH]c2c(-c3cncn3Cc3ccccc3)cccc2c1CCCOc1cccc2ccccc12. The zero-order valence-corrected chi connectivity index (χ0v) is 21.2. The minimum atomic E-state index is -1.36. The Balaban J connectivity index is 1.27. The Kier molecular flexibility index (Phi) is 6.70. The Morgan fingerprint density at radius 3 is 2.54 bits per heavy atom. The zero-order chi connectivity index (χ0) is 26.6. The first kappa shape index (κ1) is 24.3. The number of imidazole rings is 1. The van der Waals surface area contributed by atoms with Gasteiger partial charge < -0.3 is 24.1 Å². The van der Waals surface area contributed by atoms with Crippen LogP contribution in [-0.2, 0) is 13.0 Å². The van der Waals surface area contributed by atoms with Gasteiger partial charge in [0.2, 0.25) is 5.88 Å². The van der Waals surface area contributed by atoms with Crippen LogP contribution in [0.2, 0.25) is 0 Å². The molecule has 0 aliphatic rings. The number of rotatable bonds is 9. The second-order valence-corrected chi connectivity index (χ2v) is 9.35. The molecule has 194 valence electrons. The third kappa shape index (κ3) is 5.07. The van der Waals surface area contributed by atoms with Gasteiger partial charge in [-0.3, -0.25) is 0 Å². The Morgan fingerprint density at radius 2 is 1.67 bits per heavy atom. The fraction of sp³-hybridized carbons (Fsp3) is 0.125. The molecule has 2 heterocycles. The number of para-hydroxylation sites is 1. The number of nitrogens with zero attached hydrogens (tertiary/aromatic N) is 2. The largest absolute Gasteiger partial charge is 0.512 e. The highest BCUT2D eigenvalue weighted by molar-refractivity contribution is 5.97. The van der Waals surface area contributed by atoms with Crippen LogP contribution in [0.3, 0.4) is 0 Å². The highest BCUT2D eigenvalue weighted by Gasteiger charge is 2.19. The molecule has 0 aliphatic carbocycles. The van der Waals surface area contributed by atoms with Gasteiger partial charge in [0.1, 0.15) is 5.75 Å². The molecule has 39 heavy (non-hydrogen) atoms. The number of aryl methyl sites for hydroxylation is 1. The van der Waals surface area contributed by atoms with Gasteiger partial charge in [-0.05, 0) is 29.9 Å². The molecule has 6 rings (SSSR count). The summed E-state index contributed by atoms with van der Waals surface area (Å²) in [6.45, 7) is 1.15. The minimum absolute atomic E-state index is 0.240. The van der Waals surface area contributed by atoms with Crippen molar-refractivity contribution in [2.24, 2.45) is 0 Å². The lowest BCUT2D eigenvalue weighted by Crippen LogP contribution is -2.06. The molecule has 0 amide bonds. The molecule has 0 fully saturated rings. The number of fused-ring (bicyclic) bond motifs is 2. The van der Waals surface area contributed by atoms with Crippen molar-refractivity contribution in [1.29, 1.82) is 0 Å². The van der Waals surface area contributed by atoms with Crippen molar-refractivity contribution in [2.75, 3.05) is 6.61 Å². The lowest BCUT2D eigenvalue weighted by molar-refractivity contribution is 0.142. The van der Waals surface area contributed by atoms with E-state index in [4.69, 9.17) is 9.47 Å². The summed E-state index contributed by atoms with van der Waals surface area (Å²) in [7, 11) is 0. The predicted octanol–water partition coefficient (Wildman–Crippen LogP) is 7.30. The normalized spacial score (nSPS) is 11.2. The number of carboxylic acid groups (broad SMARTS) is 1. The molecule has 2 aromatic heterocycles. The summed E-state index contributed by atoms with van der Waals surface area (Å²) in [6, 6.07) is 30.3. The van der Waals surface area contributed by atoms with E-state index >= 15 is 0 Å². The summed E-state index contributed by atoms with van der Waals surface area (Å²) in [5.41, 5.74) is 4.64. The summed E-state index contributed by atoms with van der Waals surface area (Å²) in [5.74, 6) is 1.08. The number of aromatic amines is 1. The quantitative estimate of drug-likeness (QED) is 0.155. The Hall–Kier alpha value is -5.04. The molecule has 0 radical (unpaired) electrons. The summed E-state index contributed by atoms with van der Waals surface area (Å²) < 4.78 is 13.4. The van der Waals surface area contributed by atoms with Gasteiger partial charge >= 0.3 is 6.16 Å². The Bertz CT molecular complexity index is 1750. The highest BCUT2D eigenvalue weighted by atomic mass is 16.7. The molecular weight excluding hydrogens is 490 g/mol. The van der Waals surface area contributed by atoms with Gasteiger partial charge in [-0.2, -0.15) is 0 Å². The maximum atomic E-state index is 11.5. The number of hydrogen-bond donors (Lipinski definition) is 2. The number of ether oxygens (including phenoxy) is 2. The molecule has 6 aromatic rings. The van der Waals surface area contributed by atoms with Gasteiger partial charge in [0.05, 0.1) is 30.3 Å². The minimum Gasteiger partial charge on any atom is -0.493 e. The number of hydrogen-bond acceptors (Lipinski definition) is 4. The number of benzene rings is 4. The Labute approximate surface area is 225 Å². The van der Waals surface area contributed by atoms with Crippen LogP contribution in [0.15, 0.2) is 104 Å². The first-order chi connectivity index (χ1) is 19.2. The average Bonchev–Trinajstić information content (AvgIpc) is 3.55. The van der Waals surface area contributed by atoms with Crippen molar-refractivity contribution < 1.29 is 19.4 Å². The molecule has 0 bridgehead atoms.